The van der Waals surface area contributed by atoms with Crippen LogP contribution in [-0.4, -0.2) is 44.0 Å². The van der Waals surface area contributed by atoms with E-state index in [4.69, 9.17) is 0 Å². The van der Waals surface area contributed by atoms with Crippen molar-refractivity contribution >= 4 is 15.7 Å². The number of carbonyl (C=O) groups is 1. The molecule has 2 atom stereocenters. The van der Waals surface area contributed by atoms with E-state index in [9.17, 15) is 13.2 Å². The number of rotatable bonds is 7. The van der Waals surface area contributed by atoms with Gasteiger partial charge in [0.1, 0.15) is 0 Å². The first-order valence-electron chi connectivity index (χ1n) is 6.11. The van der Waals surface area contributed by atoms with Gasteiger partial charge in [-0.25, -0.2) is 8.42 Å². The van der Waals surface area contributed by atoms with Gasteiger partial charge in [0.25, 0.3) is 0 Å². The van der Waals surface area contributed by atoms with E-state index in [1.807, 2.05) is 0 Å². The molecular formula is C11H22N2O3S. The summed E-state index contributed by atoms with van der Waals surface area (Å²) in [5.74, 6) is 0.167. The quantitative estimate of drug-likeness (QED) is 0.680. The monoisotopic (exact) mass is 262 g/mol. The number of amides is 1. The Bertz CT molecular complexity index is 363. The fraction of sp³-hybridized carbons (Fsp3) is 0.909. The molecule has 0 aliphatic heterocycles. The lowest BCUT2D eigenvalue weighted by Gasteiger charge is -2.19. The SMILES string of the molecule is CCS(=O)(=O)CC(C)NC(C)C(=O)NC1CC1. The summed E-state index contributed by atoms with van der Waals surface area (Å²) in [5, 5.41) is 5.90. The highest BCUT2D eigenvalue weighted by Gasteiger charge is 2.26. The molecule has 6 heteroatoms. The van der Waals surface area contributed by atoms with Crippen LogP contribution < -0.4 is 10.6 Å². The van der Waals surface area contributed by atoms with Crippen LogP contribution in [0.25, 0.3) is 0 Å². The minimum Gasteiger partial charge on any atom is -0.352 e. The Morgan fingerprint density at radius 3 is 2.41 bits per heavy atom. The minimum absolute atomic E-state index is 0.0479. The molecule has 0 aromatic heterocycles. The second-order valence-electron chi connectivity index (χ2n) is 4.77. The summed E-state index contributed by atoms with van der Waals surface area (Å²) in [5.41, 5.74) is 0. The van der Waals surface area contributed by atoms with Crippen LogP contribution in [0.3, 0.4) is 0 Å². The lowest BCUT2D eigenvalue weighted by molar-refractivity contribution is -0.123. The van der Waals surface area contributed by atoms with Crippen LogP contribution in [0, 0.1) is 0 Å². The van der Waals surface area contributed by atoms with E-state index >= 15 is 0 Å². The third-order valence-electron chi connectivity index (χ3n) is 2.80. The molecule has 2 unspecified atom stereocenters. The third-order valence-corrected chi connectivity index (χ3v) is 4.68. The lowest BCUT2D eigenvalue weighted by atomic mass is 10.2. The predicted octanol–water partition coefficient (Wildman–Crippen LogP) is 0.0663. The smallest absolute Gasteiger partial charge is 0.237 e. The summed E-state index contributed by atoms with van der Waals surface area (Å²) >= 11 is 0. The van der Waals surface area contributed by atoms with Gasteiger partial charge >= 0.3 is 0 Å². The van der Waals surface area contributed by atoms with Crippen molar-refractivity contribution < 1.29 is 13.2 Å². The molecule has 1 rings (SSSR count). The van der Waals surface area contributed by atoms with Crippen molar-refractivity contribution in [1.29, 1.82) is 0 Å². The summed E-state index contributed by atoms with van der Waals surface area (Å²) in [6, 6.07) is -0.223. The van der Waals surface area contributed by atoms with Crippen LogP contribution in [0.5, 0.6) is 0 Å². The zero-order chi connectivity index (χ0) is 13.1. The highest BCUT2D eigenvalue weighted by molar-refractivity contribution is 7.91. The second kappa shape index (κ2) is 5.82. The molecule has 0 bridgehead atoms. The number of hydrogen-bond acceptors (Lipinski definition) is 4. The van der Waals surface area contributed by atoms with Crippen molar-refractivity contribution in [3.8, 4) is 0 Å². The molecule has 1 aliphatic rings. The minimum atomic E-state index is -2.99. The van der Waals surface area contributed by atoms with Crippen molar-refractivity contribution in [2.75, 3.05) is 11.5 Å². The van der Waals surface area contributed by atoms with E-state index in [-0.39, 0.29) is 29.5 Å². The first kappa shape index (κ1) is 14.4. The molecule has 17 heavy (non-hydrogen) atoms. The van der Waals surface area contributed by atoms with Gasteiger partial charge in [-0.15, -0.1) is 0 Å². The van der Waals surface area contributed by atoms with Gasteiger partial charge < -0.3 is 10.6 Å². The van der Waals surface area contributed by atoms with E-state index in [0.717, 1.165) is 12.8 Å². The van der Waals surface area contributed by atoms with E-state index in [0.29, 0.717) is 6.04 Å². The topological polar surface area (TPSA) is 75.3 Å². The normalized spacial score (nSPS) is 19.7. The van der Waals surface area contributed by atoms with Gasteiger partial charge in [0.05, 0.1) is 11.8 Å². The molecule has 0 radical (unpaired) electrons. The second-order valence-corrected chi connectivity index (χ2v) is 7.17. The maximum Gasteiger partial charge on any atom is 0.237 e. The molecular weight excluding hydrogens is 240 g/mol. The molecule has 0 saturated heterocycles. The van der Waals surface area contributed by atoms with Crippen LogP contribution in [0.1, 0.15) is 33.6 Å². The molecule has 0 spiro atoms. The average molecular weight is 262 g/mol. The fourth-order valence-electron chi connectivity index (χ4n) is 1.60. The van der Waals surface area contributed by atoms with Crippen LogP contribution in [0.2, 0.25) is 0 Å². The van der Waals surface area contributed by atoms with Crippen LogP contribution in [0.15, 0.2) is 0 Å². The Morgan fingerprint density at radius 1 is 1.35 bits per heavy atom. The van der Waals surface area contributed by atoms with Gasteiger partial charge in [-0.05, 0) is 26.7 Å². The fourth-order valence-corrected chi connectivity index (χ4v) is 2.70. The Labute approximate surface area is 103 Å². The van der Waals surface area contributed by atoms with E-state index in [1.54, 1.807) is 20.8 Å². The summed E-state index contributed by atoms with van der Waals surface area (Å²) in [4.78, 5) is 11.6. The number of sulfone groups is 1. The first-order valence-corrected chi connectivity index (χ1v) is 7.93. The Morgan fingerprint density at radius 2 is 1.94 bits per heavy atom. The molecule has 1 amide bonds. The van der Waals surface area contributed by atoms with Crippen molar-refractivity contribution in [2.24, 2.45) is 0 Å². The molecule has 0 aromatic carbocycles. The number of nitrogens with one attached hydrogen (secondary N) is 2. The zero-order valence-corrected chi connectivity index (χ0v) is 11.5. The first-order chi connectivity index (χ1) is 7.84. The van der Waals surface area contributed by atoms with Gasteiger partial charge in [0.15, 0.2) is 9.84 Å². The zero-order valence-electron chi connectivity index (χ0n) is 10.7. The Balaban J connectivity index is 2.33. The highest BCUT2D eigenvalue weighted by Crippen LogP contribution is 2.18. The van der Waals surface area contributed by atoms with Crippen molar-refractivity contribution in [3.63, 3.8) is 0 Å². The Kier molecular flexibility index (Phi) is 4.94. The van der Waals surface area contributed by atoms with Crippen molar-refractivity contribution in [2.45, 2.75) is 51.7 Å². The average Bonchev–Trinajstić information content (AvgIpc) is 3.00. The van der Waals surface area contributed by atoms with Gasteiger partial charge in [-0.3, -0.25) is 4.79 Å². The molecule has 1 fully saturated rings. The van der Waals surface area contributed by atoms with Crippen molar-refractivity contribution in [3.05, 3.63) is 0 Å². The van der Waals surface area contributed by atoms with E-state index in [2.05, 4.69) is 10.6 Å². The summed E-state index contributed by atoms with van der Waals surface area (Å²) in [6.07, 6.45) is 2.11. The van der Waals surface area contributed by atoms with Crippen molar-refractivity contribution in [1.82, 2.24) is 10.6 Å². The molecule has 100 valence electrons. The highest BCUT2D eigenvalue weighted by atomic mass is 32.2. The molecule has 1 saturated carbocycles. The summed E-state index contributed by atoms with van der Waals surface area (Å²) < 4.78 is 22.8. The molecule has 0 aromatic rings. The van der Waals surface area contributed by atoms with E-state index < -0.39 is 9.84 Å². The standard InChI is InChI=1S/C11H22N2O3S/c1-4-17(15,16)7-8(2)12-9(3)11(14)13-10-5-6-10/h8-10,12H,4-7H2,1-3H3,(H,13,14). The number of hydrogen-bond donors (Lipinski definition) is 2. The van der Waals surface area contributed by atoms with Gasteiger partial charge in [0, 0.05) is 17.8 Å². The maximum atomic E-state index is 11.6. The van der Waals surface area contributed by atoms with Gasteiger partial charge in [-0.1, -0.05) is 6.92 Å². The summed E-state index contributed by atoms with van der Waals surface area (Å²) in [7, 11) is -2.99. The Hall–Kier alpha value is -0.620. The predicted molar refractivity (Wildman–Crippen MR) is 67.6 cm³/mol. The van der Waals surface area contributed by atoms with Crippen LogP contribution in [0.4, 0.5) is 0 Å². The van der Waals surface area contributed by atoms with Gasteiger partial charge in [-0.2, -0.15) is 0 Å². The molecule has 2 N–H and O–H groups in total. The van der Waals surface area contributed by atoms with Crippen LogP contribution in [-0.2, 0) is 14.6 Å². The number of carbonyl (C=O) groups excluding carboxylic acids is 1. The summed E-state index contributed by atoms with van der Waals surface area (Å²) in [6.45, 7) is 5.17. The lowest BCUT2D eigenvalue weighted by Crippen LogP contribution is -2.48. The maximum absolute atomic E-state index is 11.6. The molecule has 5 nitrogen and oxygen atoms in total. The van der Waals surface area contributed by atoms with Crippen LogP contribution >= 0.6 is 0 Å². The van der Waals surface area contributed by atoms with Gasteiger partial charge in [0.2, 0.25) is 5.91 Å². The molecule has 1 aliphatic carbocycles. The largest absolute Gasteiger partial charge is 0.352 e. The molecule has 0 heterocycles. The van der Waals surface area contributed by atoms with E-state index in [1.165, 1.54) is 0 Å². The third kappa shape index (κ3) is 5.50.